The van der Waals surface area contributed by atoms with Gasteiger partial charge in [-0.25, -0.2) is 0 Å². The molecule has 2 heteroatoms. The summed E-state index contributed by atoms with van der Waals surface area (Å²) in [7, 11) is -1.54. The van der Waals surface area contributed by atoms with Crippen molar-refractivity contribution < 1.29 is 0 Å². The van der Waals surface area contributed by atoms with Crippen LogP contribution in [-0.4, -0.2) is 13.8 Å². The van der Waals surface area contributed by atoms with Gasteiger partial charge in [0.1, 0.15) is 0 Å². The first-order valence-electron chi connectivity index (χ1n) is 6.63. The van der Waals surface area contributed by atoms with Gasteiger partial charge < -0.3 is 4.98 Å². The zero-order chi connectivity index (χ0) is 13.5. The third kappa shape index (κ3) is 3.82. The van der Waals surface area contributed by atoms with Crippen LogP contribution in [0, 0.1) is 5.41 Å². The second kappa shape index (κ2) is 4.40. The first-order chi connectivity index (χ1) is 7.43. The van der Waals surface area contributed by atoms with E-state index in [0.717, 1.165) is 6.42 Å². The predicted octanol–water partition coefficient (Wildman–Crippen LogP) is 4.42. The largest absolute Gasteiger partial charge is 0.329 e. The van der Waals surface area contributed by atoms with Crippen molar-refractivity contribution in [3.8, 4) is 0 Å². The molecule has 0 aromatic heterocycles. The molecule has 1 N–H and O–H groups in total. The van der Waals surface area contributed by atoms with Crippen LogP contribution in [0.5, 0.6) is 0 Å². The van der Waals surface area contributed by atoms with E-state index in [1.165, 1.54) is 0 Å². The first-order valence-corrected chi connectivity index (χ1v) is 9.63. The Labute approximate surface area is 108 Å². The van der Waals surface area contributed by atoms with Crippen LogP contribution < -0.4 is 4.98 Å². The van der Waals surface area contributed by atoms with E-state index in [9.17, 15) is 0 Å². The molecule has 1 rings (SSSR count). The van der Waals surface area contributed by atoms with Crippen molar-refractivity contribution in [1.29, 1.82) is 0 Å². The van der Waals surface area contributed by atoms with Gasteiger partial charge in [-0.3, -0.25) is 0 Å². The quantitative estimate of drug-likeness (QED) is 0.716. The van der Waals surface area contributed by atoms with Crippen LogP contribution in [0.25, 0.3) is 0 Å². The smallest absolute Gasteiger partial charge is 0.151 e. The van der Waals surface area contributed by atoms with Crippen molar-refractivity contribution in [2.45, 2.75) is 66.6 Å². The lowest BCUT2D eigenvalue weighted by Gasteiger charge is -2.36. The monoisotopic (exact) mass is 251 g/mol. The maximum Gasteiger partial charge on any atom is 0.151 e. The van der Waals surface area contributed by atoms with Gasteiger partial charge in [0, 0.05) is 5.54 Å². The Kier molecular flexibility index (Phi) is 3.81. The maximum absolute atomic E-state index is 3.87. The lowest BCUT2D eigenvalue weighted by atomic mass is 9.86. The summed E-state index contributed by atoms with van der Waals surface area (Å²) in [5.41, 5.74) is 2.12. The van der Waals surface area contributed by atoms with Crippen LogP contribution in [0.2, 0.25) is 13.1 Å². The zero-order valence-corrected chi connectivity index (χ0v) is 13.9. The van der Waals surface area contributed by atoms with Crippen LogP contribution >= 0.6 is 0 Å². The third-order valence-corrected chi connectivity index (χ3v) is 6.39. The molecule has 17 heavy (non-hydrogen) atoms. The molecule has 0 atom stereocenters. The summed E-state index contributed by atoms with van der Waals surface area (Å²) in [5.74, 6) is 0. The molecular formula is C15H29NSi. The second-order valence-electron chi connectivity index (χ2n) is 7.75. The van der Waals surface area contributed by atoms with Crippen molar-refractivity contribution in [2.75, 3.05) is 0 Å². The van der Waals surface area contributed by atoms with Gasteiger partial charge in [0.25, 0.3) is 0 Å². The topological polar surface area (TPSA) is 12.0 Å². The lowest BCUT2D eigenvalue weighted by molar-refractivity contribution is 0.491. The molecule has 0 spiro atoms. The van der Waals surface area contributed by atoms with E-state index in [1.54, 1.807) is 10.8 Å². The first kappa shape index (κ1) is 14.7. The van der Waals surface area contributed by atoms with Gasteiger partial charge in [0.2, 0.25) is 0 Å². The van der Waals surface area contributed by atoms with Gasteiger partial charge in [-0.05, 0) is 37.8 Å². The minimum atomic E-state index is -1.54. The molecule has 1 nitrogen and oxygen atoms in total. The Morgan fingerprint density at radius 2 is 1.59 bits per heavy atom. The molecule has 0 unspecified atom stereocenters. The highest BCUT2D eigenvalue weighted by Gasteiger charge is 2.35. The van der Waals surface area contributed by atoms with Gasteiger partial charge in [-0.1, -0.05) is 51.6 Å². The Morgan fingerprint density at radius 1 is 1.06 bits per heavy atom. The standard InChI is InChI=1S/C15H29NSi/c1-14(2,3)12-10-9-11-13(12)17(7,8)16-15(4,5)6/h9,11,16H,10H2,1-8H3. The van der Waals surface area contributed by atoms with Crippen molar-refractivity contribution in [3.05, 3.63) is 22.9 Å². The highest BCUT2D eigenvalue weighted by Crippen LogP contribution is 2.38. The SMILES string of the molecule is CC(C)(C)N[Si](C)(C)C1=C(C(C)(C)C)CC=C1. The Bertz CT molecular complexity index is 348. The number of rotatable bonds is 2. The van der Waals surface area contributed by atoms with Crippen molar-refractivity contribution in [3.63, 3.8) is 0 Å². The number of allylic oxidation sites excluding steroid dienone is 4. The zero-order valence-electron chi connectivity index (χ0n) is 12.9. The fourth-order valence-corrected chi connectivity index (χ4v) is 6.58. The third-order valence-electron chi connectivity index (χ3n) is 3.20. The Hall–Kier alpha value is -0.343. The summed E-state index contributed by atoms with van der Waals surface area (Å²) in [6, 6.07) is 0. The van der Waals surface area contributed by atoms with Gasteiger partial charge in [-0.15, -0.1) is 0 Å². The molecule has 0 aliphatic heterocycles. The summed E-state index contributed by atoms with van der Waals surface area (Å²) in [6.45, 7) is 18.6. The Morgan fingerprint density at radius 3 is 2.00 bits per heavy atom. The molecule has 0 heterocycles. The van der Waals surface area contributed by atoms with Crippen LogP contribution in [-0.2, 0) is 0 Å². The van der Waals surface area contributed by atoms with E-state index in [1.807, 2.05) is 0 Å². The van der Waals surface area contributed by atoms with Gasteiger partial charge in [0.15, 0.2) is 8.24 Å². The summed E-state index contributed by atoms with van der Waals surface area (Å²) in [6.07, 6.45) is 5.83. The molecule has 1 aliphatic carbocycles. The minimum absolute atomic E-state index is 0.197. The minimum Gasteiger partial charge on any atom is -0.329 e. The number of nitrogens with one attached hydrogen (secondary N) is 1. The summed E-state index contributed by atoms with van der Waals surface area (Å²) >= 11 is 0. The van der Waals surface area contributed by atoms with Crippen molar-refractivity contribution in [2.24, 2.45) is 5.41 Å². The maximum atomic E-state index is 3.87. The second-order valence-corrected chi connectivity index (χ2v) is 11.8. The molecule has 98 valence electrons. The fraction of sp³-hybridized carbons (Fsp3) is 0.733. The molecule has 0 amide bonds. The van der Waals surface area contributed by atoms with E-state index in [0.29, 0.717) is 5.41 Å². The van der Waals surface area contributed by atoms with Crippen molar-refractivity contribution >= 4 is 8.24 Å². The molecule has 0 saturated heterocycles. The van der Waals surface area contributed by atoms with E-state index < -0.39 is 8.24 Å². The van der Waals surface area contributed by atoms with E-state index in [2.05, 4.69) is 71.8 Å². The summed E-state index contributed by atoms with van der Waals surface area (Å²) in [4.78, 5) is 3.87. The normalized spacial score (nSPS) is 18.1. The van der Waals surface area contributed by atoms with Crippen LogP contribution in [0.4, 0.5) is 0 Å². The van der Waals surface area contributed by atoms with Gasteiger partial charge >= 0.3 is 0 Å². The fourth-order valence-electron chi connectivity index (χ4n) is 2.81. The van der Waals surface area contributed by atoms with Crippen molar-refractivity contribution in [1.82, 2.24) is 4.98 Å². The molecule has 0 fully saturated rings. The van der Waals surface area contributed by atoms with Gasteiger partial charge in [0.05, 0.1) is 0 Å². The molecule has 0 bridgehead atoms. The highest BCUT2D eigenvalue weighted by molar-refractivity contribution is 6.83. The van der Waals surface area contributed by atoms with Crippen LogP contribution in [0.15, 0.2) is 22.9 Å². The van der Waals surface area contributed by atoms with E-state index >= 15 is 0 Å². The molecule has 0 aromatic carbocycles. The molecule has 1 aliphatic rings. The predicted molar refractivity (Wildman–Crippen MR) is 80.6 cm³/mol. The van der Waals surface area contributed by atoms with Crippen LogP contribution in [0.1, 0.15) is 48.0 Å². The number of hydrogen-bond donors (Lipinski definition) is 1. The Balaban J connectivity index is 3.09. The average Bonchev–Trinajstić information content (AvgIpc) is 2.44. The molecule has 0 radical (unpaired) electrons. The average molecular weight is 251 g/mol. The van der Waals surface area contributed by atoms with E-state index in [4.69, 9.17) is 0 Å². The molecule has 0 saturated carbocycles. The van der Waals surface area contributed by atoms with Crippen LogP contribution in [0.3, 0.4) is 0 Å². The molecular weight excluding hydrogens is 222 g/mol. The lowest BCUT2D eigenvalue weighted by Crippen LogP contribution is -2.55. The molecule has 0 aromatic rings. The van der Waals surface area contributed by atoms with E-state index in [-0.39, 0.29) is 5.54 Å². The summed E-state index contributed by atoms with van der Waals surface area (Å²) in [5, 5.41) is 1.61. The highest BCUT2D eigenvalue weighted by atomic mass is 28.3. The number of hydrogen-bond acceptors (Lipinski definition) is 1. The van der Waals surface area contributed by atoms with Gasteiger partial charge in [-0.2, -0.15) is 0 Å². The summed E-state index contributed by atoms with van der Waals surface area (Å²) < 4.78 is 0.